The standard InChI is InChI=1S/C16H23N5O3/c1-4-5-13-19-10(2)14(24-13)16(22)21(3)8-12-11(6-7-23-12)15-17-9-18-20-15/h9,11-12H,4-8H2,1-3H3,(H,17,18,20)/t11-,12-/m1/s1. The Labute approximate surface area is 140 Å². The molecule has 1 saturated heterocycles. The number of carbonyl (C=O) groups is 1. The second-order valence-electron chi connectivity index (χ2n) is 6.13. The highest BCUT2D eigenvalue weighted by Crippen LogP contribution is 2.29. The van der Waals surface area contributed by atoms with Crippen LogP contribution in [0.25, 0.3) is 0 Å². The first-order valence-corrected chi connectivity index (χ1v) is 8.28. The lowest BCUT2D eigenvalue weighted by Gasteiger charge is -2.23. The SMILES string of the molecule is CCCc1nc(C)c(C(=O)N(C)C[C@H]2OCC[C@H]2c2ncn[nH]2)o1. The molecule has 2 atom stereocenters. The number of aromatic nitrogens is 4. The van der Waals surface area contributed by atoms with E-state index in [1.165, 1.54) is 6.33 Å². The summed E-state index contributed by atoms with van der Waals surface area (Å²) >= 11 is 0. The van der Waals surface area contributed by atoms with Crippen molar-refractivity contribution >= 4 is 5.91 Å². The lowest BCUT2D eigenvalue weighted by Crippen LogP contribution is -2.36. The monoisotopic (exact) mass is 333 g/mol. The van der Waals surface area contributed by atoms with Crippen molar-refractivity contribution in [2.24, 2.45) is 0 Å². The summed E-state index contributed by atoms with van der Waals surface area (Å²) in [5, 5.41) is 6.80. The summed E-state index contributed by atoms with van der Waals surface area (Å²) in [5.74, 6) is 1.68. The van der Waals surface area contributed by atoms with Gasteiger partial charge in [-0.3, -0.25) is 9.89 Å². The fraction of sp³-hybridized carbons (Fsp3) is 0.625. The van der Waals surface area contributed by atoms with E-state index in [1.54, 1.807) is 18.9 Å². The molecule has 24 heavy (non-hydrogen) atoms. The molecule has 130 valence electrons. The number of nitrogens with one attached hydrogen (secondary N) is 1. The van der Waals surface area contributed by atoms with Gasteiger partial charge in [-0.1, -0.05) is 6.92 Å². The molecule has 8 heteroatoms. The highest BCUT2D eigenvalue weighted by molar-refractivity contribution is 5.92. The largest absolute Gasteiger partial charge is 0.435 e. The molecule has 3 rings (SSSR count). The van der Waals surface area contributed by atoms with Crippen molar-refractivity contribution in [2.75, 3.05) is 20.2 Å². The van der Waals surface area contributed by atoms with Crippen LogP contribution in [0.15, 0.2) is 10.7 Å². The molecule has 0 unspecified atom stereocenters. The Morgan fingerprint density at radius 1 is 1.50 bits per heavy atom. The number of aromatic amines is 1. The number of hydrogen-bond acceptors (Lipinski definition) is 6. The molecule has 2 aromatic rings. The number of ether oxygens (including phenoxy) is 1. The predicted octanol–water partition coefficient (Wildman–Crippen LogP) is 1.70. The van der Waals surface area contributed by atoms with Crippen molar-refractivity contribution in [3.8, 4) is 0 Å². The molecule has 3 heterocycles. The highest BCUT2D eigenvalue weighted by atomic mass is 16.5. The quantitative estimate of drug-likeness (QED) is 0.864. The van der Waals surface area contributed by atoms with Crippen LogP contribution in [-0.4, -0.2) is 57.3 Å². The molecule has 0 spiro atoms. The minimum atomic E-state index is -0.172. The van der Waals surface area contributed by atoms with Gasteiger partial charge in [-0.05, 0) is 19.8 Å². The molecule has 0 aromatic carbocycles. The zero-order valence-electron chi connectivity index (χ0n) is 14.3. The molecule has 2 aromatic heterocycles. The van der Waals surface area contributed by atoms with E-state index in [0.717, 1.165) is 25.1 Å². The van der Waals surface area contributed by atoms with Crippen molar-refractivity contribution in [3.63, 3.8) is 0 Å². The average Bonchev–Trinajstić information content (AvgIpc) is 3.27. The Morgan fingerprint density at radius 2 is 2.33 bits per heavy atom. The Kier molecular flexibility index (Phi) is 4.94. The van der Waals surface area contributed by atoms with Crippen LogP contribution < -0.4 is 0 Å². The second-order valence-corrected chi connectivity index (χ2v) is 6.13. The molecule has 0 radical (unpaired) electrons. The number of H-pyrrole nitrogens is 1. The molecule has 1 aliphatic rings. The highest BCUT2D eigenvalue weighted by Gasteiger charge is 2.34. The third-order valence-corrected chi connectivity index (χ3v) is 4.29. The van der Waals surface area contributed by atoms with Crippen molar-refractivity contribution in [1.82, 2.24) is 25.1 Å². The summed E-state index contributed by atoms with van der Waals surface area (Å²) in [6, 6.07) is 0. The van der Waals surface area contributed by atoms with E-state index < -0.39 is 0 Å². The summed E-state index contributed by atoms with van der Waals surface area (Å²) in [6.07, 6.45) is 3.91. The van der Waals surface area contributed by atoms with E-state index in [4.69, 9.17) is 9.15 Å². The number of oxazole rings is 1. The van der Waals surface area contributed by atoms with E-state index >= 15 is 0 Å². The molecule has 1 fully saturated rings. The summed E-state index contributed by atoms with van der Waals surface area (Å²) in [7, 11) is 1.75. The molecule has 0 aliphatic carbocycles. The number of hydrogen-bond donors (Lipinski definition) is 1. The van der Waals surface area contributed by atoms with Gasteiger partial charge in [0.05, 0.1) is 11.8 Å². The van der Waals surface area contributed by atoms with Crippen LogP contribution in [0.3, 0.4) is 0 Å². The van der Waals surface area contributed by atoms with Gasteiger partial charge in [-0.25, -0.2) is 9.97 Å². The fourth-order valence-electron chi connectivity index (χ4n) is 3.03. The summed E-state index contributed by atoms with van der Waals surface area (Å²) in [4.78, 5) is 22.8. The Morgan fingerprint density at radius 3 is 3.04 bits per heavy atom. The molecule has 8 nitrogen and oxygen atoms in total. The maximum atomic E-state index is 12.7. The van der Waals surface area contributed by atoms with Crippen molar-refractivity contribution in [3.05, 3.63) is 29.5 Å². The maximum absolute atomic E-state index is 12.7. The first kappa shape index (κ1) is 16.6. The van der Waals surface area contributed by atoms with Gasteiger partial charge in [-0.2, -0.15) is 5.10 Å². The lowest BCUT2D eigenvalue weighted by molar-refractivity contribution is 0.0527. The van der Waals surface area contributed by atoms with Crippen LogP contribution in [-0.2, 0) is 11.2 Å². The van der Waals surface area contributed by atoms with E-state index in [2.05, 4.69) is 20.2 Å². The fourth-order valence-corrected chi connectivity index (χ4v) is 3.03. The van der Waals surface area contributed by atoms with Crippen LogP contribution >= 0.6 is 0 Å². The molecular formula is C16H23N5O3. The van der Waals surface area contributed by atoms with Crippen LogP contribution in [0.1, 0.15) is 53.6 Å². The Balaban J connectivity index is 1.68. The molecule has 1 aliphatic heterocycles. The minimum Gasteiger partial charge on any atom is -0.435 e. The zero-order chi connectivity index (χ0) is 17.1. The number of aryl methyl sites for hydroxylation is 2. The van der Waals surface area contributed by atoms with E-state index in [-0.39, 0.29) is 17.9 Å². The van der Waals surface area contributed by atoms with E-state index in [1.807, 2.05) is 6.92 Å². The van der Waals surface area contributed by atoms with Crippen molar-refractivity contribution in [2.45, 2.75) is 45.1 Å². The molecule has 1 N–H and O–H groups in total. The average molecular weight is 333 g/mol. The molecule has 0 bridgehead atoms. The Hall–Kier alpha value is -2.22. The van der Waals surface area contributed by atoms with Crippen LogP contribution in [0.5, 0.6) is 0 Å². The third-order valence-electron chi connectivity index (χ3n) is 4.29. The van der Waals surface area contributed by atoms with Gasteiger partial charge in [0.25, 0.3) is 5.91 Å². The lowest BCUT2D eigenvalue weighted by atomic mass is 10.0. The summed E-state index contributed by atoms with van der Waals surface area (Å²) in [5.41, 5.74) is 0.634. The molecule has 1 amide bonds. The van der Waals surface area contributed by atoms with Crippen molar-refractivity contribution in [1.29, 1.82) is 0 Å². The number of nitrogens with zero attached hydrogens (tertiary/aromatic N) is 4. The third kappa shape index (κ3) is 3.33. The van der Waals surface area contributed by atoms with Gasteiger partial charge < -0.3 is 14.1 Å². The van der Waals surface area contributed by atoms with Gasteiger partial charge in [0.1, 0.15) is 12.2 Å². The number of amides is 1. The molecular weight excluding hydrogens is 310 g/mol. The minimum absolute atomic E-state index is 0.106. The zero-order valence-corrected chi connectivity index (χ0v) is 14.3. The number of rotatable bonds is 6. The smallest absolute Gasteiger partial charge is 0.291 e. The number of carbonyl (C=O) groups excluding carboxylic acids is 1. The second kappa shape index (κ2) is 7.12. The predicted molar refractivity (Wildman–Crippen MR) is 85.7 cm³/mol. The van der Waals surface area contributed by atoms with Gasteiger partial charge >= 0.3 is 0 Å². The maximum Gasteiger partial charge on any atom is 0.291 e. The van der Waals surface area contributed by atoms with E-state index in [9.17, 15) is 4.79 Å². The van der Waals surface area contributed by atoms with Crippen LogP contribution in [0, 0.1) is 6.92 Å². The number of likely N-dealkylation sites (N-methyl/N-ethyl adjacent to an activating group) is 1. The van der Waals surface area contributed by atoms with Gasteiger partial charge in [-0.15, -0.1) is 0 Å². The first-order chi connectivity index (χ1) is 11.6. The normalized spacial score (nSPS) is 20.5. The first-order valence-electron chi connectivity index (χ1n) is 8.28. The summed E-state index contributed by atoms with van der Waals surface area (Å²) in [6.45, 7) is 4.97. The van der Waals surface area contributed by atoms with Crippen LogP contribution in [0.2, 0.25) is 0 Å². The van der Waals surface area contributed by atoms with Gasteiger partial charge in [0, 0.05) is 32.5 Å². The molecule has 0 saturated carbocycles. The van der Waals surface area contributed by atoms with E-state index in [0.29, 0.717) is 30.5 Å². The topological polar surface area (TPSA) is 97.1 Å². The van der Waals surface area contributed by atoms with Crippen molar-refractivity contribution < 1.29 is 13.9 Å². The Bertz CT molecular complexity index is 682. The van der Waals surface area contributed by atoms with Gasteiger partial charge in [0.2, 0.25) is 5.76 Å². The van der Waals surface area contributed by atoms with Gasteiger partial charge in [0.15, 0.2) is 5.89 Å². The van der Waals surface area contributed by atoms with Crippen LogP contribution in [0.4, 0.5) is 0 Å². The summed E-state index contributed by atoms with van der Waals surface area (Å²) < 4.78 is 11.4.